The van der Waals surface area contributed by atoms with E-state index >= 15 is 0 Å². The molecule has 2 aromatic heterocycles. The Balaban J connectivity index is 1.46. The summed E-state index contributed by atoms with van der Waals surface area (Å²) in [5.41, 5.74) is 0.832. The molecule has 1 aliphatic carbocycles. The maximum Gasteiger partial charge on any atom is 0.336 e. The van der Waals surface area contributed by atoms with Gasteiger partial charge in [0.1, 0.15) is 11.3 Å². The summed E-state index contributed by atoms with van der Waals surface area (Å²) < 4.78 is 6.03. The molecule has 2 N–H and O–H groups in total. The zero-order valence-corrected chi connectivity index (χ0v) is 15.7. The van der Waals surface area contributed by atoms with Crippen molar-refractivity contribution in [3.63, 3.8) is 0 Å². The number of nitrogens with zero attached hydrogens (tertiary/aromatic N) is 2. The Bertz CT molecular complexity index is 964. The molecule has 0 amide bonds. The van der Waals surface area contributed by atoms with Crippen LogP contribution in [-0.2, 0) is 5.75 Å². The molecule has 0 unspecified atom stereocenters. The van der Waals surface area contributed by atoms with Gasteiger partial charge in [-0.2, -0.15) is 0 Å². The molecule has 26 heavy (non-hydrogen) atoms. The van der Waals surface area contributed by atoms with Crippen molar-refractivity contribution >= 4 is 39.2 Å². The highest BCUT2D eigenvalue weighted by Crippen LogP contribution is 2.32. The molecule has 136 valence electrons. The van der Waals surface area contributed by atoms with Crippen molar-refractivity contribution in [2.45, 2.75) is 48.2 Å². The van der Waals surface area contributed by atoms with Crippen molar-refractivity contribution in [2.75, 3.05) is 5.32 Å². The number of aromatic nitrogens is 2. The van der Waals surface area contributed by atoms with E-state index in [0.29, 0.717) is 17.4 Å². The minimum atomic E-state index is -0.421. The van der Waals surface area contributed by atoms with Crippen LogP contribution in [0, 0.1) is 0 Å². The molecule has 0 atom stereocenters. The van der Waals surface area contributed by atoms with Crippen LogP contribution in [0.4, 0.5) is 5.13 Å². The van der Waals surface area contributed by atoms with Gasteiger partial charge in [-0.3, -0.25) is 0 Å². The van der Waals surface area contributed by atoms with E-state index in [2.05, 4.69) is 15.5 Å². The zero-order valence-electron chi connectivity index (χ0n) is 14.1. The molecule has 4 rings (SSSR count). The summed E-state index contributed by atoms with van der Waals surface area (Å²) in [4.78, 5) is 11.8. The van der Waals surface area contributed by atoms with Crippen LogP contribution in [0.3, 0.4) is 0 Å². The summed E-state index contributed by atoms with van der Waals surface area (Å²) in [6.45, 7) is 0. The van der Waals surface area contributed by atoms with E-state index in [9.17, 15) is 9.90 Å². The van der Waals surface area contributed by atoms with Crippen LogP contribution in [0.15, 0.2) is 37.8 Å². The van der Waals surface area contributed by atoms with Crippen LogP contribution < -0.4 is 10.9 Å². The third-order valence-electron chi connectivity index (χ3n) is 4.50. The van der Waals surface area contributed by atoms with Crippen molar-refractivity contribution in [3.8, 4) is 5.75 Å². The summed E-state index contributed by atoms with van der Waals surface area (Å²) in [5.74, 6) is 0.665. The van der Waals surface area contributed by atoms with Crippen molar-refractivity contribution < 1.29 is 9.52 Å². The highest BCUT2D eigenvalue weighted by molar-refractivity contribution is 8.00. The number of nitrogens with one attached hydrogen (secondary N) is 1. The van der Waals surface area contributed by atoms with Crippen molar-refractivity contribution in [2.24, 2.45) is 0 Å². The molecular weight excluding hydrogens is 370 g/mol. The number of phenolic OH excluding ortho intramolecular Hbond substituents is 1. The number of phenols is 1. The Morgan fingerprint density at radius 2 is 2.08 bits per heavy atom. The van der Waals surface area contributed by atoms with Gasteiger partial charge in [-0.1, -0.05) is 42.4 Å². The Hall–Kier alpha value is -2.06. The van der Waals surface area contributed by atoms with Crippen LogP contribution in [0.2, 0.25) is 0 Å². The standard InChI is InChI=1S/C18H19N3O3S2/c22-13-6-7-14-11(8-16(23)24-15(14)9-13)10-25-18-21-20-17(26-18)19-12-4-2-1-3-5-12/h6-9,12,22H,1-5,10H2,(H,19,20). The third-order valence-corrected chi connectivity index (χ3v) is 6.54. The quantitative estimate of drug-likeness (QED) is 0.494. The summed E-state index contributed by atoms with van der Waals surface area (Å²) in [6.07, 6.45) is 6.27. The molecule has 1 saturated carbocycles. The minimum absolute atomic E-state index is 0.0769. The van der Waals surface area contributed by atoms with Gasteiger partial charge in [-0.05, 0) is 30.5 Å². The van der Waals surface area contributed by atoms with E-state index in [1.165, 1.54) is 44.2 Å². The molecular formula is C18H19N3O3S2. The molecule has 8 heteroatoms. The van der Waals surface area contributed by atoms with E-state index in [1.807, 2.05) is 0 Å². The first-order valence-corrected chi connectivity index (χ1v) is 10.5. The molecule has 0 spiro atoms. The topological polar surface area (TPSA) is 88.2 Å². The number of aromatic hydroxyl groups is 1. The van der Waals surface area contributed by atoms with Crippen LogP contribution >= 0.6 is 23.1 Å². The lowest BCUT2D eigenvalue weighted by Gasteiger charge is -2.21. The molecule has 6 nitrogen and oxygen atoms in total. The number of fused-ring (bicyclic) bond motifs is 1. The van der Waals surface area contributed by atoms with Gasteiger partial charge in [-0.15, -0.1) is 10.2 Å². The van der Waals surface area contributed by atoms with Gasteiger partial charge in [0.2, 0.25) is 5.13 Å². The molecule has 1 aromatic carbocycles. The third kappa shape index (κ3) is 4.02. The van der Waals surface area contributed by atoms with Gasteiger partial charge in [0, 0.05) is 29.3 Å². The second kappa shape index (κ2) is 7.67. The number of rotatable bonds is 5. The van der Waals surface area contributed by atoms with Crippen LogP contribution in [0.1, 0.15) is 37.7 Å². The minimum Gasteiger partial charge on any atom is -0.508 e. The fourth-order valence-electron chi connectivity index (χ4n) is 3.23. The number of anilines is 1. The van der Waals surface area contributed by atoms with Crippen LogP contribution in [0.25, 0.3) is 11.0 Å². The predicted octanol–water partition coefficient (Wildman–Crippen LogP) is 4.39. The van der Waals surface area contributed by atoms with Crippen LogP contribution in [0.5, 0.6) is 5.75 Å². The predicted molar refractivity (Wildman–Crippen MR) is 104 cm³/mol. The second-order valence-electron chi connectivity index (χ2n) is 6.41. The lowest BCUT2D eigenvalue weighted by atomic mass is 9.96. The van der Waals surface area contributed by atoms with E-state index in [4.69, 9.17) is 4.42 Å². The Morgan fingerprint density at radius 1 is 1.23 bits per heavy atom. The molecule has 2 heterocycles. The highest BCUT2D eigenvalue weighted by atomic mass is 32.2. The monoisotopic (exact) mass is 389 g/mol. The van der Waals surface area contributed by atoms with E-state index in [0.717, 1.165) is 20.4 Å². The Kier molecular flexibility index (Phi) is 5.12. The summed E-state index contributed by atoms with van der Waals surface area (Å²) in [6, 6.07) is 6.81. The molecule has 1 aliphatic rings. The summed E-state index contributed by atoms with van der Waals surface area (Å²) >= 11 is 3.09. The highest BCUT2D eigenvalue weighted by Gasteiger charge is 2.15. The maximum absolute atomic E-state index is 11.8. The summed E-state index contributed by atoms with van der Waals surface area (Å²) in [5, 5.41) is 23.2. The molecule has 1 fully saturated rings. The van der Waals surface area contributed by atoms with Gasteiger partial charge in [0.15, 0.2) is 4.34 Å². The summed E-state index contributed by atoms with van der Waals surface area (Å²) in [7, 11) is 0. The number of hydrogen-bond acceptors (Lipinski definition) is 8. The lowest BCUT2D eigenvalue weighted by molar-refractivity contribution is 0.462. The fourth-order valence-corrected chi connectivity index (χ4v) is 5.05. The van der Waals surface area contributed by atoms with Crippen molar-refractivity contribution in [1.82, 2.24) is 10.2 Å². The first kappa shape index (κ1) is 17.4. The van der Waals surface area contributed by atoms with Gasteiger partial charge in [0.05, 0.1) is 0 Å². The average Bonchev–Trinajstić information content (AvgIpc) is 3.07. The second-order valence-corrected chi connectivity index (χ2v) is 8.61. The molecule has 0 aliphatic heterocycles. The van der Waals surface area contributed by atoms with Crippen LogP contribution in [-0.4, -0.2) is 21.3 Å². The van der Waals surface area contributed by atoms with Gasteiger partial charge < -0.3 is 14.8 Å². The van der Waals surface area contributed by atoms with E-state index < -0.39 is 5.63 Å². The average molecular weight is 390 g/mol. The fraction of sp³-hybridized carbons (Fsp3) is 0.389. The zero-order chi connectivity index (χ0) is 17.9. The van der Waals surface area contributed by atoms with E-state index in [1.54, 1.807) is 35.2 Å². The first-order chi connectivity index (χ1) is 12.7. The first-order valence-electron chi connectivity index (χ1n) is 8.66. The Morgan fingerprint density at radius 3 is 2.92 bits per heavy atom. The van der Waals surface area contributed by atoms with E-state index in [-0.39, 0.29) is 5.75 Å². The number of thioether (sulfide) groups is 1. The molecule has 0 saturated heterocycles. The number of benzene rings is 1. The lowest BCUT2D eigenvalue weighted by Crippen LogP contribution is -2.21. The molecule has 3 aromatic rings. The van der Waals surface area contributed by atoms with Gasteiger partial charge >= 0.3 is 5.63 Å². The normalized spacial score (nSPS) is 15.4. The molecule has 0 radical (unpaired) electrons. The van der Waals surface area contributed by atoms with Crippen molar-refractivity contribution in [1.29, 1.82) is 0 Å². The Labute approximate surface area is 158 Å². The number of hydrogen-bond donors (Lipinski definition) is 2. The maximum atomic E-state index is 11.8. The molecule has 0 bridgehead atoms. The van der Waals surface area contributed by atoms with Gasteiger partial charge in [0.25, 0.3) is 0 Å². The smallest absolute Gasteiger partial charge is 0.336 e. The largest absolute Gasteiger partial charge is 0.508 e. The van der Waals surface area contributed by atoms with Crippen molar-refractivity contribution in [3.05, 3.63) is 40.2 Å². The van der Waals surface area contributed by atoms with Gasteiger partial charge in [-0.25, -0.2) is 4.79 Å². The SMILES string of the molecule is O=c1cc(CSc2nnc(NC3CCCCC3)s2)c2ccc(O)cc2o1.